The number of hydrogen-bond acceptors (Lipinski definition) is 2. The quantitative estimate of drug-likeness (QED) is 0.585. The molecular weight excluding hydrogens is 212 g/mol. The Morgan fingerprint density at radius 3 is 2.47 bits per heavy atom. The van der Waals surface area contributed by atoms with Crippen molar-refractivity contribution in [1.82, 2.24) is 9.80 Å². The fourth-order valence-electron chi connectivity index (χ4n) is 2.30. The second-order valence-electron chi connectivity index (χ2n) is 5.01. The lowest BCUT2D eigenvalue weighted by atomic mass is 10.1. The van der Waals surface area contributed by atoms with Gasteiger partial charge in [-0.1, -0.05) is 6.92 Å². The van der Waals surface area contributed by atoms with Crippen LogP contribution in [0.2, 0.25) is 0 Å². The number of piperidine rings is 1. The molecule has 4 nitrogen and oxygen atoms in total. The van der Waals surface area contributed by atoms with Crippen LogP contribution in [0, 0.1) is 0 Å². The molecule has 0 atom stereocenters. The molecule has 0 aromatic carbocycles. The second-order valence-corrected chi connectivity index (χ2v) is 5.01. The first-order chi connectivity index (χ1) is 8.15. The van der Waals surface area contributed by atoms with Crippen LogP contribution in [0.4, 0.5) is 0 Å². The van der Waals surface area contributed by atoms with E-state index in [4.69, 9.17) is 5.73 Å². The molecule has 0 radical (unpaired) electrons. The maximum Gasteiger partial charge on any atom is 0.191 e. The predicted octanol–water partition coefficient (Wildman–Crippen LogP) is 1.52. The van der Waals surface area contributed by atoms with E-state index in [9.17, 15) is 0 Å². The zero-order chi connectivity index (χ0) is 12.7. The number of hydrogen-bond donors (Lipinski definition) is 1. The van der Waals surface area contributed by atoms with Gasteiger partial charge < -0.3 is 10.6 Å². The van der Waals surface area contributed by atoms with Crippen LogP contribution in [0.3, 0.4) is 0 Å². The van der Waals surface area contributed by atoms with Crippen LogP contribution in [-0.2, 0) is 0 Å². The maximum atomic E-state index is 6.01. The Kier molecular flexibility index (Phi) is 6.34. The lowest BCUT2D eigenvalue weighted by Gasteiger charge is -2.28. The predicted molar refractivity (Wildman–Crippen MR) is 74.3 cm³/mol. The van der Waals surface area contributed by atoms with Crippen LogP contribution < -0.4 is 5.73 Å². The van der Waals surface area contributed by atoms with Crippen LogP contribution in [0.1, 0.15) is 40.0 Å². The first-order valence-electron chi connectivity index (χ1n) is 6.94. The zero-order valence-corrected chi connectivity index (χ0v) is 11.7. The number of nitrogens with zero attached hydrogens (tertiary/aromatic N) is 3. The van der Waals surface area contributed by atoms with Crippen LogP contribution in [-0.4, -0.2) is 54.5 Å². The molecule has 0 unspecified atom stereocenters. The summed E-state index contributed by atoms with van der Waals surface area (Å²) in [6.07, 6.45) is 3.84. The summed E-state index contributed by atoms with van der Waals surface area (Å²) >= 11 is 0. The van der Waals surface area contributed by atoms with Crippen molar-refractivity contribution in [3.63, 3.8) is 0 Å². The lowest BCUT2D eigenvalue weighted by molar-refractivity contribution is 0.240. The molecular formula is C13H28N4. The van der Waals surface area contributed by atoms with Gasteiger partial charge in [-0.05, 0) is 39.7 Å². The Morgan fingerprint density at radius 1 is 1.29 bits per heavy atom. The van der Waals surface area contributed by atoms with Crippen molar-refractivity contribution in [3.05, 3.63) is 0 Å². The molecule has 1 heterocycles. The minimum absolute atomic E-state index is 0.589. The molecule has 0 aliphatic carbocycles. The van der Waals surface area contributed by atoms with E-state index in [0.29, 0.717) is 6.04 Å². The summed E-state index contributed by atoms with van der Waals surface area (Å²) < 4.78 is 0. The fourth-order valence-corrected chi connectivity index (χ4v) is 2.30. The summed E-state index contributed by atoms with van der Waals surface area (Å²) in [5.74, 6) is 0.740. The van der Waals surface area contributed by atoms with Gasteiger partial charge in [0.15, 0.2) is 5.96 Å². The number of aliphatic imine (C=N–C) groups is 1. The lowest BCUT2D eigenvalue weighted by Crippen LogP contribution is -2.41. The Bertz CT molecular complexity index is 232. The normalized spacial score (nSPS) is 18.2. The number of rotatable bonds is 5. The highest BCUT2D eigenvalue weighted by Crippen LogP contribution is 2.07. The van der Waals surface area contributed by atoms with Crippen LogP contribution in [0.25, 0.3) is 0 Å². The van der Waals surface area contributed by atoms with Crippen molar-refractivity contribution in [2.75, 3.05) is 32.7 Å². The SMILES string of the molecule is CCN(CCN=C(N)N1CCCCC1)C(C)C. The molecule has 1 fully saturated rings. The molecule has 100 valence electrons. The summed E-state index contributed by atoms with van der Waals surface area (Å²) in [7, 11) is 0. The third kappa shape index (κ3) is 4.94. The number of likely N-dealkylation sites (tertiary alicyclic amines) is 1. The minimum atomic E-state index is 0.589. The van der Waals surface area contributed by atoms with Crippen molar-refractivity contribution < 1.29 is 0 Å². The van der Waals surface area contributed by atoms with E-state index in [-0.39, 0.29) is 0 Å². The summed E-state index contributed by atoms with van der Waals surface area (Å²) in [6, 6.07) is 0.589. The van der Waals surface area contributed by atoms with Gasteiger partial charge in [-0.3, -0.25) is 9.89 Å². The van der Waals surface area contributed by atoms with Gasteiger partial charge in [-0.25, -0.2) is 0 Å². The molecule has 2 N–H and O–H groups in total. The van der Waals surface area contributed by atoms with Gasteiger partial charge in [0.2, 0.25) is 0 Å². The molecule has 0 aromatic heterocycles. The Morgan fingerprint density at radius 2 is 1.94 bits per heavy atom. The largest absolute Gasteiger partial charge is 0.370 e. The van der Waals surface area contributed by atoms with Gasteiger partial charge in [-0.2, -0.15) is 0 Å². The summed E-state index contributed by atoms with van der Waals surface area (Å²) in [6.45, 7) is 11.7. The van der Waals surface area contributed by atoms with Crippen molar-refractivity contribution in [2.45, 2.75) is 46.1 Å². The molecule has 1 saturated heterocycles. The monoisotopic (exact) mass is 240 g/mol. The third-order valence-electron chi connectivity index (χ3n) is 3.48. The second kappa shape index (κ2) is 7.54. The average Bonchev–Trinajstić information content (AvgIpc) is 2.35. The Labute approximate surface area is 106 Å². The highest BCUT2D eigenvalue weighted by atomic mass is 15.3. The van der Waals surface area contributed by atoms with Gasteiger partial charge in [0.05, 0.1) is 6.54 Å². The maximum absolute atomic E-state index is 6.01. The smallest absolute Gasteiger partial charge is 0.191 e. The van der Waals surface area contributed by atoms with Crippen molar-refractivity contribution in [2.24, 2.45) is 10.7 Å². The van der Waals surface area contributed by atoms with Gasteiger partial charge in [-0.15, -0.1) is 0 Å². The van der Waals surface area contributed by atoms with Gasteiger partial charge in [0, 0.05) is 25.7 Å². The molecule has 0 amide bonds. The van der Waals surface area contributed by atoms with Gasteiger partial charge in [0.1, 0.15) is 0 Å². The van der Waals surface area contributed by atoms with Crippen molar-refractivity contribution in [3.8, 4) is 0 Å². The Hall–Kier alpha value is -0.770. The van der Waals surface area contributed by atoms with E-state index in [1.807, 2.05) is 0 Å². The van der Waals surface area contributed by atoms with E-state index < -0.39 is 0 Å². The summed E-state index contributed by atoms with van der Waals surface area (Å²) in [4.78, 5) is 9.12. The average molecular weight is 240 g/mol. The van der Waals surface area contributed by atoms with E-state index >= 15 is 0 Å². The van der Waals surface area contributed by atoms with Crippen LogP contribution >= 0.6 is 0 Å². The molecule has 1 aliphatic heterocycles. The zero-order valence-electron chi connectivity index (χ0n) is 11.7. The van der Waals surface area contributed by atoms with E-state index in [1.54, 1.807) is 0 Å². The highest BCUT2D eigenvalue weighted by Gasteiger charge is 2.12. The number of nitrogens with two attached hydrogens (primary N) is 1. The van der Waals surface area contributed by atoms with Crippen LogP contribution in [0.5, 0.6) is 0 Å². The van der Waals surface area contributed by atoms with E-state index in [1.165, 1.54) is 19.3 Å². The minimum Gasteiger partial charge on any atom is -0.370 e. The van der Waals surface area contributed by atoms with Gasteiger partial charge in [0.25, 0.3) is 0 Å². The van der Waals surface area contributed by atoms with Crippen molar-refractivity contribution in [1.29, 1.82) is 0 Å². The summed E-state index contributed by atoms with van der Waals surface area (Å²) in [5, 5.41) is 0. The highest BCUT2D eigenvalue weighted by molar-refractivity contribution is 5.78. The molecule has 0 aromatic rings. The molecule has 0 saturated carbocycles. The molecule has 1 rings (SSSR count). The first-order valence-corrected chi connectivity index (χ1v) is 6.94. The molecule has 0 bridgehead atoms. The first kappa shape index (κ1) is 14.3. The molecule has 0 spiro atoms. The third-order valence-corrected chi connectivity index (χ3v) is 3.48. The molecule has 1 aliphatic rings. The number of guanidine groups is 1. The number of likely N-dealkylation sites (N-methyl/N-ethyl adjacent to an activating group) is 1. The molecule has 17 heavy (non-hydrogen) atoms. The van der Waals surface area contributed by atoms with Crippen LogP contribution in [0.15, 0.2) is 4.99 Å². The van der Waals surface area contributed by atoms with Crippen molar-refractivity contribution >= 4 is 5.96 Å². The van der Waals surface area contributed by atoms with Gasteiger partial charge >= 0.3 is 0 Å². The fraction of sp³-hybridized carbons (Fsp3) is 0.923. The van der Waals surface area contributed by atoms with E-state index in [0.717, 1.165) is 38.7 Å². The standard InChI is InChI=1S/C13H28N4/c1-4-16(12(2)3)11-8-15-13(14)17-9-6-5-7-10-17/h12H,4-11H2,1-3H3,(H2,14,15). The Balaban J connectivity index is 2.31. The van der Waals surface area contributed by atoms with E-state index in [2.05, 4.69) is 35.6 Å². The summed E-state index contributed by atoms with van der Waals surface area (Å²) in [5.41, 5.74) is 6.01. The topological polar surface area (TPSA) is 44.9 Å². The molecule has 4 heteroatoms.